The smallest absolute Gasteiger partial charge is 0.245 e. The fourth-order valence-corrected chi connectivity index (χ4v) is 3.61. The van der Waals surface area contributed by atoms with E-state index < -0.39 is 0 Å². The van der Waals surface area contributed by atoms with Crippen molar-refractivity contribution in [3.8, 4) is 0 Å². The van der Waals surface area contributed by atoms with Crippen LogP contribution in [0.2, 0.25) is 0 Å². The van der Waals surface area contributed by atoms with E-state index in [1.165, 1.54) is 0 Å². The summed E-state index contributed by atoms with van der Waals surface area (Å²) < 4.78 is 5.22. The standard InChI is InChI=1S/C15H21N3O3/c1-9-14(11(3)21-16-9)10(2)17-8-6-13(19)18-7-4-5-12(18)15(17)20/h10,12H,4-8H2,1-3H3. The van der Waals surface area contributed by atoms with Gasteiger partial charge in [0.05, 0.1) is 11.7 Å². The van der Waals surface area contributed by atoms with Gasteiger partial charge in [0.15, 0.2) is 0 Å². The largest absolute Gasteiger partial charge is 0.361 e. The Morgan fingerprint density at radius 3 is 2.71 bits per heavy atom. The highest BCUT2D eigenvalue weighted by molar-refractivity contribution is 5.90. The quantitative estimate of drug-likeness (QED) is 0.829. The van der Waals surface area contributed by atoms with Crippen LogP contribution in [0, 0.1) is 13.8 Å². The minimum Gasteiger partial charge on any atom is -0.361 e. The van der Waals surface area contributed by atoms with Gasteiger partial charge in [0.1, 0.15) is 11.8 Å². The summed E-state index contributed by atoms with van der Waals surface area (Å²) in [6.07, 6.45) is 2.08. The summed E-state index contributed by atoms with van der Waals surface area (Å²) in [7, 11) is 0. The normalized spacial score (nSPS) is 24.2. The Balaban J connectivity index is 1.91. The average Bonchev–Trinajstić information content (AvgIpc) is 3.02. The molecular formula is C15H21N3O3. The van der Waals surface area contributed by atoms with Crippen LogP contribution in [0.15, 0.2) is 4.52 Å². The van der Waals surface area contributed by atoms with Gasteiger partial charge in [0.25, 0.3) is 0 Å². The number of rotatable bonds is 2. The summed E-state index contributed by atoms with van der Waals surface area (Å²) in [4.78, 5) is 28.5. The van der Waals surface area contributed by atoms with E-state index in [1.807, 2.05) is 25.7 Å². The van der Waals surface area contributed by atoms with E-state index in [0.29, 0.717) is 19.5 Å². The molecule has 21 heavy (non-hydrogen) atoms. The highest BCUT2D eigenvalue weighted by Gasteiger charge is 2.41. The van der Waals surface area contributed by atoms with Crippen molar-refractivity contribution in [2.45, 2.75) is 52.1 Å². The van der Waals surface area contributed by atoms with Crippen LogP contribution >= 0.6 is 0 Å². The Morgan fingerprint density at radius 2 is 2.05 bits per heavy atom. The second kappa shape index (κ2) is 5.16. The van der Waals surface area contributed by atoms with Crippen LogP contribution in [0.1, 0.15) is 49.2 Å². The fraction of sp³-hybridized carbons (Fsp3) is 0.667. The molecule has 1 aromatic rings. The van der Waals surface area contributed by atoms with Crippen molar-refractivity contribution in [2.75, 3.05) is 13.1 Å². The lowest BCUT2D eigenvalue weighted by Gasteiger charge is -2.30. The Labute approximate surface area is 124 Å². The molecule has 0 aromatic carbocycles. The molecule has 6 heteroatoms. The number of nitrogens with zero attached hydrogens (tertiary/aromatic N) is 3. The maximum absolute atomic E-state index is 12.8. The number of fused-ring (bicyclic) bond motifs is 1. The Kier molecular flexibility index (Phi) is 3.47. The molecular weight excluding hydrogens is 270 g/mol. The third-order valence-corrected chi connectivity index (χ3v) is 4.68. The molecule has 2 aliphatic rings. The first kappa shape index (κ1) is 14.1. The molecule has 6 nitrogen and oxygen atoms in total. The van der Waals surface area contributed by atoms with E-state index in [0.717, 1.165) is 29.9 Å². The first-order valence-electron chi connectivity index (χ1n) is 7.53. The molecule has 0 N–H and O–H groups in total. The van der Waals surface area contributed by atoms with Crippen molar-refractivity contribution in [3.63, 3.8) is 0 Å². The predicted octanol–water partition coefficient (Wildman–Crippen LogP) is 1.58. The number of aromatic nitrogens is 1. The first-order chi connectivity index (χ1) is 10.0. The average molecular weight is 291 g/mol. The van der Waals surface area contributed by atoms with Crippen molar-refractivity contribution < 1.29 is 14.1 Å². The molecule has 2 unspecified atom stereocenters. The van der Waals surface area contributed by atoms with E-state index in [2.05, 4.69) is 5.16 Å². The third-order valence-electron chi connectivity index (χ3n) is 4.68. The summed E-state index contributed by atoms with van der Waals surface area (Å²) in [5.41, 5.74) is 1.77. The van der Waals surface area contributed by atoms with Crippen LogP contribution in [0.25, 0.3) is 0 Å². The number of hydrogen-bond acceptors (Lipinski definition) is 4. The number of aryl methyl sites for hydroxylation is 2. The number of carbonyl (C=O) groups is 2. The maximum atomic E-state index is 12.8. The monoisotopic (exact) mass is 291 g/mol. The second-order valence-corrected chi connectivity index (χ2v) is 5.94. The molecule has 3 heterocycles. The van der Waals surface area contributed by atoms with Gasteiger partial charge in [-0.1, -0.05) is 5.16 Å². The summed E-state index contributed by atoms with van der Waals surface area (Å²) >= 11 is 0. The van der Waals surface area contributed by atoms with Gasteiger partial charge in [0.2, 0.25) is 11.8 Å². The van der Waals surface area contributed by atoms with Gasteiger partial charge in [-0.05, 0) is 33.6 Å². The van der Waals surface area contributed by atoms with Gasteiger partial charge in [-0.2, -0.15) is 0 Å². The number of amides is 2. The van der Waals surface area contributed by atoms with Gasteiger partial charge >= 0.3 is 0 Å². The number of carbonyl (C=O) groups excluding carboxylic acids is 2. The molecule has 2 amide bonds. The summed E-state index contributed by atoms with van der Waals surface area (Å²) in [5.74, 6) is 0.900. The highest BCUT2D eigenvalue weighted by atomic mass is 16.5. The van der Waals surface area contributed by atoms with Crippen LogP contribution < -0.4 is 0 Å². The second-order valence-electron chi connectivity index (χ2n) is 5.94. The van der Waals surface area contributed by atoms with Gasteiger partial charge in [0, 0.05) is 25.1 Å². The van der Waals surface area contributed by atoms with Crippen LogP contribution in [0.5, 0.6) is 0 Å². The molecule has 2 aliphatic heterocycles. The van der Waals surface area contributed by atoms with E-state index in [4.69, 9.17) is 4.52 Å². The first-order valence-corrected chi connectivity index (χ1v) is 7.53. The molecule has 0 aliphatic carbocycles. The lowest BCUT2D eigenvalue weighted by atomic mass is 10.0. The van der Waals surface area contributed by atoms with Crippen LogP contribution in [-0.2, 0) is 9.59 Å². The highest BCUT2D eigenvalue weighted by Crippen LogP contribution is 2.31. The summed E-state index contributed by atoms with van der Waals surface area (Å²) in [6.45, 7) is 6.91. The number of hydrogen-bond donors (Lipinski definition) is 0. The van der Waals surface area contributed by atoms with Crippen LogP contribution in [-0.4, -0.2) is 45.9 Å². The maximum Gasteiger partial charge on any atom is 0.245 e. The van der Waals surface area contributed by atoms with Crippen molar-refractivity contribution >= 4 is 11.8 Å². The molecule has 2 fully saturated rings. The molecule has 0 radical (unpaired) electrons. The van der Waals surface area contributed by atoms with Crippen molar-refractivity contribution in [1.82, 2.24) is 15.0 Å². The zero-order valence-corrected chi connectivity index (χ0v) is 12.8. The molecule has 0 bridgehead atoms. The Bertz CT molecular complexity index is 561. The lowest BCUT2D eigenvalue weighted by molar-refractivity contribution is -0.140. The van der Waals surface area contributed by atoms with E-state index in [9.17, 15) is 9.59 Å². The van der Waals surface area contributed by atoms with Crippen molar-refractivity contribution in [1.29, 1.82) is 0 Å². The Hall–Kier alpha value is -1.85. The van der Waals surface area contributed by atoms with Crippen LogP contribution in [0.3, 0.4) is 0 Å². The zero-order valence-electron chi connectivity index (χ0n) is 12.8. The van der Waals surface area contributed by atoms with Crippen molar-refractivity contribution in [3.05, 3.63) is 17.0 Å². The summed E-state index contributed by atoms with van der Waals surface area (Å²) in [6, 6.07) is -0.389. The van der Waals surface area contributed by atoms with Gasteiger partial charge in [-0.15, -0.1) is 0 Å². The molecule has 0 saturated carbocycles. The van der Waals surface area contributed by atoms with Crippen LogP contribution in [0.4, 0.5) is 0 Å². The molecule has 2 atom stereocenters. The molecule has 0 spiro atoms. The minimum atomic E-state index is -0.275. The van der Waals surface area contributed by atoms with E-state index in [-0.39, 0.29) is 23.9 Å². The Morgan fingerprint density at radius 1 is 1.29 bits per heavy atom. The fourth-order valence-electron chi connectivity index (χ4n) is 3.61. The van der Waals surface area contributed by atoms with E-state index >= 15 is 0 Å². The molecule has 2 saturated heterocycles. The molecule has 3 rings (SSSR count). The lowest BCUT2D eigenvalue weighted by Crippen LogP contribution is -2.44. The van der Waals surface area contributed by atoms with Gasteiger partial charge in [-0.3, -0.25) is 9.59 Å². The summed E-state index contributed by atoms with van der Waals surface area (Å²) in [5, 5.41) is 3.97. The topological polar surface area (TPSA) is 66.7 Å². The molecule has 114 valence electrons. The van der Waals surface area contributed by atoms with Gasteiger partial charge < -0.3 is 14.3 Å². The zero-order chi connectivity index (χ0) is 15.1. The minimum absolute atomic E-state index is 0.0610. The van der Waals surface area contributed by atoms with Gasteiger partial charge in [-0.25, -0.2) is 0 Å². The molecule has 1 aromatic heterocycles. The SMILES string of the molecule is Cc1noc(C)c1C(C)N1CCC(=O)N2CCCC2C1=O. The third kappa shape index (κ3) is 2.22. The van der Waals surface area contributed by atoms with E-state index in [1.54, 1.807) is 4.90 Å². The predicted molar refractivity (Wildman–Crippen MR) is 75.5 cm³/mol. The van der Waals surface area contributed by atoms with Crippen molar-refractivity contribution in [2.24, 2.45) is 0 Å².